The smallest absolute Gasteiger partial charge is 0.170 e. The third-order valence-corrected chi connectivity index (χ3v) is 1.98. The van der Waals surface area contributed by atoms with Crippen LogP contribution in [0.5, 0.6) is 0 Å². The summed E-state index contributed by atoms with van der Waals surface area (Å²) in [6.45, 7) is 1.91. The molecule has 2 aromatic rings. The Kier molecular flexibility index (Phi) is 1.85. The van der Waals surface area contributed by atoms with Crippen LogP contribution in [0, 0.1) is 6.92 Å². The number of hydrogen-bond acceptors (Lipinski definition) is 3. The first-order valence-electron chi connectivity index (χ1n) is 4.14. The van der Waals surface area contributed by atoms with E-state index in [1.165, 1.54) is 0 Å². The van der Waals surface area contributed by atoms with Crippen molar-refractivity contribution in [2.75, 3.05) is 0 Å². The van der Waals surface area contributed by atoms with Crippen molar-refractivity contribution < 1.29 is 5.21 Å². The maximum atomic E-state index is 8.50. The molecule has 0 aliphatic heterocycles. The molecular formula is C9H10N4O. The molecule has 0 bridgehead atoms. The van der Waals surface area contributed by atoms with Gasteiger partial charge in [-0.3, -0.25) is 0 Å². The summed E-state index contributed by atoms with van der Waals surface area (Å²) in [5, 5.41) is 11.4. The van der Waals surface area contributed by atoms with Crippen LogP contribution < -0.4 is 5.73 Å². The van der Waals surface area contributed by atoms with Gasteiger partial charge in [-0.25, -0.2) is 4.98 Å². The largest absolute Gasteiger partial charge is 0.409 e. The van der Waals surface area contributed by atoms with Crippen molar-refractivity contribution in [3.8, 4) is 0 Å². The van der Waals surface area contributed by atoms with Gasteiger partial charge in [0.25, 0.3) is 0 Å². The van der Waals surface area contributed by atoms with E-state index >= 15 is 0 Å². The van der Waals surface area contributed by atoms with Crippen LogP contribution >= 0.6 is 0 Å². The molecule has 0 atom stereocenters. The van der Waals surface area contributed by atoms with Gasteiger partial charge in [0.05, 0.1) is 5.69 Å². The number of fused-ring (bicyclic) bond motifs is 1. The lowest BCUT2D eigenvalue weighted by atomic mass is 10.2. The fourth-order valence-electron chi connectivity index (χ4n) is 1.33. The zero-order chi connectivity index (χ0) is 10.1. The molecule has 72 valence electrons. The standard InChI is InChI=1S/C9H10N4O/c1-6-5-13-3-2-7(9(10)12-14)4-8(13)11-6/h2-5,14H,1H3,(H2,10,12). The Bertz CT molecular complexity index is 500. The number of aryl methyl sites for hydroxylation is 1. The Morgan fingerprint density at radius 2 is 2.43 bits per heavy atom. The van der Waals surface area contributed by atoms with Crippen LogP contribution in [0.1, 0.15) is 11.3 Å². The minimum Gasteiger partial charge on any atom is -0.409 e. The lowest BCUT2D eigenvalue weighted by Crippen LogP contribution is -2.13. The molecule has 2 heterocycles. The van der Waals surface area contributed by atoms with E-state index in [2.05, 4.69) is 10.1 Å². The maximum absolute atomic E-state index is 8.50. The van der Waals surface area contributed by atoms with Gasteiger partial charge in [-0.1, -0.05) is 5.16 Å². The molecule has 0 fully saturated rings. The van der Waals surface area contributed by atoms with Crippen LogP contribution in [0.25, 0.3) is 5.65 Å². The summed E-state index contributed by atoms with van der Waals surface area (Å²) >= 11 is 0. The van der Waals surface area contributed by atoms with Crippen molar-refractivity contribution in [1.29, 1.82) is 0 Å². The molecule has 2 aromatic heterocycles. The van der Waals surface area contributed by atoms with Crippen molar-refractivity contribution >= 4 is 11.5 Å². The molecule has 0 radical (unpaired) electrons. The zero-order valence-electron chi connectivity index (χ0n) is 7.68. The molecule has 5 heteroatoms. The van der Waals surface area contributed by atoms with Crippen LogP contribution in [0.4, 0.5) is 0 Å². The normalized spacial score (nSPS) is 12.2. The molecule has 14 heavy (non-hydrogen) atoms. The summed E-state index contributed by atoms with van der Waals surface area (Å²) in [6, 6.07) is 3.53. The number of hydrogen-bond donors (Lipinski definition) is 2. The summed E-state index contributed by atoms with van der Waals surface area (Å²) in [5.74, 6) is 0.0909. The first-order chi connectivity index (χ1) is 6.70. The average Bonchev–Trinajstić information content (AvgIpc) is 2.55. The van der Waals surface area contributed by atoms with Crippen molar-refractivity contribution in [3.63, 3.8) is 0 Å². The first-order valence-corrected chi connectivity index (χ1v) is 4.14. The Labute approximate surface area is 80.5 Å². The van der Waals surface area contributed by atoms with E-state index in [1.807, 2.05) is 23.7 Å². The molecule has 0 amide bonds. The van der Waals surface area contributed by atoms with E-state index in [0.29, 0.717) is 5.56 Å². The van der Waals surface area contributed by atoms with E-state index < -0.39 is 0 Å². The van der Waals surface area contributed by atoms with Crippen LogP contribution in [-0.2, 0) is 0 Å². The lowest BCUT2D eigenvalue weighted by Gasteiger charge is -1.98. The van der Waals surface area contributed by atoms with Crippen molar-refractivity contribution in [2.24, 2.45) is 10.9 Å². The molecule has 0 spiro atoms. The molecule has 5 nitrogen and oxygen atoms in total. The summed E-state index contributed by atoms with van der Waals surface area (Å²) in [7, 11) is 0. The molecule has 0 aliphatic rings. The molecular weight excluding hydrogens is 180 g/mol. The van der Waals surface area contributed by atoms with E-state index in [-0.39, 0.29) is 5.84 Å². The third kappa shape index (κ3) is 1.28. The second-order valence-electron chi connectivity index (χ2n) is 3.05. The molecule has 0 aliphatic carbocycles. The molecule has 0 unspecified atom stereocenters. The fourth-order valence-corrected chi connectivity index (χ4v) is 1.33. The average molecular weight is 190 g/mol. The minimum absolute atomic E-state index is 0.0909. The van der Waals surface area contributed by atoms with Gasteiger partial charge in [-0.2, -0.15) is 0 Å². The highest BCUT2D eigenvalue weighted by molar-refractivity contribution is 5.97. The van der Waals surface area contributed by atoms with Crippen molar-refractivity contribution in [1.82, 2.24) is 9.38 Å². The van der Waals surface area contributed by atoms with Gasteiger partial charge in [0, 0.05) is 18.0 Å². The topological polar surface area (TPSA) is 75.9 Å². The maximum Gasteiger partial charge on any atom is 0.170 e. The molecule has 0 saturated carbocycles. The van der Waals surface area contributed by atoms with Crippen LogP contribution in [0.2, 0.25) is 0 Å². The van der Waals surface area contributed by atoms with Gasteiger partial charge in [0.15, 0.2) is 5.84 Å². The van der Waals surface area contributed by atoms with Gasteiger partial charge in [-0.15, -0.1) is 0 Å². The van der Waals surface area contributed by atoms with Crippen LogP contribution in [0.15, 0.2) is 29.7 Å². The second kappa shape index (κ2) is 3.02. The first kappa shape index (κ1) is 8.55. The van der Waals surface area contributed by atoms with E-state index in [9.17, 15) is 0 Å². The molecule has 0 aromatic carbocycles. The van der Waals surface area contributed by atoms with Crippen LogP contribution in [0.3, 0.4) is 0 Å². The number of rotatable bonds is 1. The Hall–Kier alpha value is -2.04. The Balaban J connectivity index is 2.61. The van der Waals surface area contributed by atoms with Crippen molar-refractivity contribution in [2.45, 2.75) is 6.92 Å². The monoisotopic (exact) mass is 190 g/mol. The summed E-state index contributed by atoms with van der Waals surface area (Å²) in [5.41, 5.74) is 7.83. The van der Waals surface area contributed by atoms with Gasteiger partial charge in [-0.05, 0) is 19.1 Å². The minimum atomic E-state index is 0.0909. The summed E-state index contributed by atoms with van der Waals surface area (Å²) in [6.07, 6.45) is 3.73. The highest BCUT2D eigenvalue weighted by Gasteiger charge is 2.02. The van der Waals surface area contributed by atoms with Gasteiger partial charge in [0.2, 0.25) is 0 Å². The van der Waals surface area contributed by atoms with E-state index in [0.717, 1.165) is 11.3 Å². The van der Waals surface area contributed by atoms with E-state index in [4.69, 9.17) is 10.9 Å². The van der Waals surface area contributed by atoms with Gasteiger partial charge >= 0.3 is 0 Å². The number of aromatic nitrogens is 2. The Morgan fingerprint density at radius 3 is 3.14 bits per heavy atom. The van der Waals surface area contributed by atoms with Gasteiger partial charge < -0.3 is 15.3 Å². The quantitative estimate of drug-likeness (QED) is 0.301. The number of pyridine rings is 1. The summed E-state index contributed by atoms with van der Waals surface area (Å²) in [4.78, 5) is 4.26. The fraction of sp³-hybridized carbons (Fsp3) is 0.111. The van der Waals surface area contributed by atoms with Crippen LogP contribution in [-0.4, -0.2) is 20.4 Å². The Morgan fingerprint density at radius 1 is 1.64 bits per heavy atom. The van der Waals surface area contributed by atoms with E-state index in [1.54, 1.807) is 12.1 Å². The zero-order valence-corrected chi connectivity index (χ0v) is 7.68. The number of nitrogens with zero attached hydrogens (tertiary/aromatic N) is 3. The molecule has 2 rings (SSSR count). The summed E-state index contributed by atoms with van der Waals surface area (Å²) < 4.78 is 1.88. The number of nitrogens with two attached hydrogens (primary N) is 1. The molecule has 0 saturated heterocycles. The number of oxime groups is 1. The van der Waals surface area contributed by atoms with Gasteiger partial charge in [0.1, 0.15) is 5.65 Å². The van der Waals surface area contributed by atoms with Crippen molar-refractivity contribution in [3.05, 3.63) is 35.8 Å². The second-order valence-corrected chi connectivity index (χ2v) is 3.05. The molecule has 3 N–H and O–H groups in total. The highest BCUT2D eigenvalue weighted by Crippen LogP contribution is 2.07. The predicted molar refractivity (Wildman–Crippen MR) is 52.4 cm³/mol. The lowest BCUT2D eigenvalue weighted by molar-refractivity contribution is 0.318. The third-order valence-electron chi connectivity index (χ3n) is 1.98. The highest BCUT2D eigenvalue weighted by atomic mass is 16.4. The predicted octanol–water partition coefficient (Wildman–Crippen LogP) is 0.737. The SMILES string of the molecule is Cc1cn2ccc(/C(N)=N/O)cc2n1. The number of imidazole rings is 1. The number of amidine groups is 1.